The normalized spacial score (nSPS) is 16.0. The van der Waals surface area contributed by atoms with Crippen LogP contribution in [0, 0.1) is 13.8 Å². The molecule has 1 aromatic carbocycles. The zero-order chi connectivity index (χ0) is 15.5. The number of aryl methyl sites for hydroxylation is 2. The number of hydrogen-bond donors (Lipinski definition) is 0. The fraction of sp³-hybridized carbons (Fsp3) is 0.389. The molecule has 1 saturated heterocycles. The van der Waals surface area contributed by atoms with Gasteiger partial charge in [-0.3, -0.25) is 9.69 Å². The van der Waals surface area contributed by atoms with E-state index in [1.807, 2.05) is 24.8 Å². The maximum absolute atomic E-state index is 12.6. The Morgan fingerprint density at radius 3 is 2.36 bits per heavy atom. The van der Waals surface area contributed by atoms with Gasteiger partial charge in [0.05, 0.1) is 11.8 Å². The van der Waals surface area contributed by atoms with E-state index in [9.17, 15) is 4.79 Å². The van der Waals surface area contributed by atoms with Gasteiger partial charge in [-0.1, -0.05) is 30.3 Å². The van der Waals surface area contributed by atoms with Crippen molar-refractivity contribution in [1.82, 2.24) is 9.80 Å². The van der Waals surface area contributed by atoms with Crippen LogP contribution in [0.4, 0.5) is 0 Å². The zero-order valence-electron chi connectivity index (χ0n) is 13.2. The van der Waals surface area contributed by atoms with Crippen molar-refractivity contribution in [2.45, 2.75) is 20.4 Å². The van der Waals surface area contributed by atoms with Crippen molar-refractivity contribution in [3.63, 3.8) is 0 Å². The topological polar surface area (TPSA) is 36.7 Å². The van der Waals surface area contributed by atoms with Crippen LogP contribution in [0.15, 0.2) is 41.0 Å². The van der Waals surface area contributed by atoms with Gasteiger partial charge in [-0.2, -0.15) is 0 Å². The highest BCUT2D eigenvalue weighted by Gasteiger charge is 2.25. The van der Waals surface area contributed by atoms with Crippen molar-refractivity contribution >= 4 is 5.91 Å². The lowest BCUT2D eigenvalue weighted by Crippen LogP contribution is -2.48. The molecule has 2 aromatic rings. The number of nitrogens with zero attached hydrogens (tertiary/aromatic N) is 2. The monoisotopic (exact) mass is 298 g/mol. The molecule has 0 unspecified atom stereocenters. The molecule has 1 aliphatic rings. The van der Waals surface area contributed by atoms with E-state index >= 15 is 0 Å². The van der Waals surface area contributed by atoms with Gasteiger partial charge < -0.3 is 9.32 Å². The van der Waals surface area contributed by atoms with Crippen LogP contribution < -0.4 is 0 Å². The Labute approximate surface area is 131 Å². The number of amides is 1. The summed E-state index contributed by atoms with van der Waals surface area (Å²) in [5.74, 6) is 0.817. The van der Waals surface area contributed by atoms with Gasteiger partial charge in [-0.25, -0.2) is 0 Å². The fourth-order valence-electron chi connectivity index (χ4n) is 3.00. The lowest BCUT2D eigenvalue weighted by Gasteiger charge is -2.34. The van der Waals surface area contributed by atoms with E-state index in [-0.39, 0.29) is 5.91 Å². The molecule has 1 amide bonds. The number of benzene rings is 1. The highest BCUT2D eigenvalue weighted by molar-refractivity contribution is 5.96. The fourth-order valence-corrected chi connectivity index (χ4v) is 3.00. The second-order valence-electron chi connectivity index (χ2n) is 5.90. The third kappa shape index (κ3) is 3.07. The number of piperazine rings is 1. The largest absolute Gasteiger partial charge is 0.469 e. The number of hydrogen-bond acceptors (Lipinski definition) is 3. The summed E-state index contributed by atoms with van der Waals surface area (Å²) in [6.45, 7) is 8.10. The molecular weight excluding hydrogens is 276 g/mol. The SMILES string of the molecule is Cc1coc(C)c1C(=O)N1CCN(Cc2ccccc2)CC1. The second-order valence-corrected chi connectivity index (χ2v) is 5.90. The zero-order valence-corrected chi connectivity index (χ0v) is 13.2. The minimum absolute atomic E-state index is 0.100. The van der Waals surface area contributed by atoms with Crippen LogP contribution in [0.5, 0.6) is 0 Å². The minimum atomic E-state index is 0.100. The number of rotatable bonds is 3. The van der Waals surface area contributed by atoms with Gasteiger partial charge in [0.15, 0.2) is 0 Å². The van der Waals surface area contributed by atoms with Crippen LogP contribution in [0.1, 0.15) is 27.2 Å². The second kappa shape index (κ2) is 6.36. The van der Waals surface area contributed by atoms with Gasteiger partial charge in [0.25, 0.3) is 5.91 Å². The van der Waals surface area contributed by atoms with E-state index in [2.05, 4.69) is 29.2 Å². The van der Waals surface area contributed by atoms with Crippen molar-refractivity contribution in [2.75, 3.05) is 26.2 Å². The van der Waals surface area contributed by atoms with Crippen molar-refractivity contribution in [3.05, 3.63) is 59.0 Å². The van der Waals surface area contributed by atoms with Crippen LogP contribution in [0.2, 0.25) is 0 Å². The molecule has 0 radical (unpaired) electrons. The standard InChI is InChI=1S/C18H22N2O2/c1-14-13-22-15(2)17(14)18(21)20-10-8-19(9-11-20)12-16-6-4-3-5-7-16/h3-7,13H,8-12H2,1-2H3. The van der Waals surface area contributed by atoms with E-state index in [1.54, 1.807) is 6.26 Å². The van der Waals surface area contributed by atoms with Crippen LogP contribution in [-0.4, -0.2) is 41.9 Å². The van der Waals surface area contributed by atoms with Crippen molar-refractivity contribution in [3.8, 4) is 0 Å². The maximum Gasteiger partial charge on any atom is 0.257 e. The first kappa shape index (κ1) is 14.9. The van der Waals surface area contributed by atoms with Crippen molar-refractivity contribution in [1.29, 1.82) is 0 Å². The predicted octanol–water partition coefficient (Wildman–Crippen LogP) is 2.85. The molecule has 4 nitrogen and oxygen atoms in total. The summed E-state index contributed by atoms with van der Waals surface area (Å²) in [5.41, 5.74) is 2.98. The highest BCUT2D eigenvalue weighted by atomic mass is 16.3. The molecule has 1 aliphatic heterocycles. The summed E-state index contributed by atoms with van der Waals surface area (Å²) in [7, 11) is 0. The molecule has 4 heteroatoms. The van der Waals surface area contributed by atoms with E-state index in [4.69, 9.17) is 4.42 Å². The maximum atomic E-state index is 12.6. The molecule has 0 bridgehead atoms. The molecular formula is C18H22N2O2. The lowest BCUT2D eigenvalue weighted by molar-refractivity contribution is 0.0626. The number of carbonyl (C=O) groups is 1. The first-order valence-corrected chi connectivity index (χ1v) is 7.75. The van der Waals surface area contributed by atoms with Crippen molar-refractivity contribution in [2.24, 2.45) is 0 Å². The molecule has 116 valence electrons. The third-order valence-electron chi connectivity index (χ3n) is 4.28. The first-order chi connectivity index (χ1) is 10.6. The summed E-state index contributed by atoms with van der Waals surface area (Å²) in [5, 5.41) is 0. The lowest BCUT2D eigenvalue weighted by atomic mass is 10.1. The van der Waals surface area contributed by atoms with Crippen LogP contribution in [0.25, 0.3) is 0 Å². The summed E-state index contributed by atoms with van der Waals surface area (Å²) in [6, 6.07) is 10.5. The Hall–Kier alpha value is -2.07. The van der Waals surface area contributed by atoms with E-state index < -0.39 is 0 Å². The van der Waals surface area contributed by atoms with E-state index in [0.29, 0.717) is 5.76 Å². The quantitative estimate of drug-likeness (QED) is 0.874. The van der Waals surface area contributed by atoms with Gasteiger partial charge in [-0.15, -0.1) is 0 Å². The summed E-state index contributed by atoms with van der Waals surface area (Å²) < 4.78 is 5.35. The van der Waals surface area contributed by atoms with E-state index in [1.165, 1.54) is 5.56 Å². The molecule has 1 fully saturated rings. The van der Waals surface area contributed by atoms with Gasteiger partial charge in [0.1, 0.15) is 5.76 Å². The molecule has 1 aromatic heterocycles. The Bertz CT molecular complexity index is 621. The molecule has 3 rings (SSSR count). The molecule has 0 saturated carbocycles. The van der Waals surface area contributed by atoms with Crippen LogP contribution in [-0.2, 0) is 6.54 Å². The summed E-state index contributed by atoms with van der Waals surface area (Å²) in [4.78, 5) is 16.9. The van der Waals surface area contributed by atoms with Crippen LogP contribution >= 0.6 is 0 Å². The molecule has 0 atom stereocenters. The minimum Gasteiger partial charge on any atom is -0.469 e. The third-order valence-corrected chi connectivity index (χ3v) is 4.28. The van der Waals surface area contributed by atoms with E-state index in [0.717, 1.165) is 43.9 Å². The Morgan fingerprint density at radius 2 is 1.77 bits per heavy atom. The average Bonchev–Trinajstić information content (AvgIpc) is 2.87. The molecule has 0 N–H and O–H groups in total. The Kier molecular flexibility index (Phi) is 4.29. The smallest absolute Gasteiger partial charge is 0.257 e. The molecule has 0 spiro atoms. The molecule has 22 heavy (non-hydrogen) atoms. The van der Waals surface area contributed by atoms with Gasteiger partial charge in [-0.05, 0) is 19.4 Å². The van der Waals surface area contributed by atoms with Crippen molar-refractivity contribution < 1.29 is 9.21 Å². The average molecular weight is 298 g/mol. The number of furan rings is 1. The van der Waals surface area contributed by atoms with Gasteiger partial charge in [0.2, 0.25) is 0 Å². The van der Waals surface area contributed by atoms with Gasteiger partial charge in [0, 0.05) is 38.3 Å². The number of carbonyl (C=O) groups excluding carboxylic acids is 1. The molecule has 0 aliphatic carbocycles. The predicted molar refractivity (Wildman–Crippen MR) is 85.8 cm³/mol. The van der Waals surface area contributed by atoms with Crippen LogP contribution in [0.3, 0.4) is 0 Å². The molecule has 2 heterocycles. The highest BCUT2D eigenvalue weighted by Crippen LogP contribution is 2.19. The summed E-state index contributed by atoms with van der Waals surface area (Å²) in [6.07, 6.45) is 1.66. The summed E-state index contributed by atoms with van der Waals surface area (Å²) >= 11 is 0. The van der Waals surface area contributed by atoms with Gasteiger partial charge >= 0.3 is 0 Å². The Balaban J connectivity index is 1.59. The Morgan fingerprint density at radius 1 is 1.09 bits per heavy atom. The first-order valence-electron chi connectivity index (χ1n) is 7.75.